The van der Waals surface area contributed by atoms with Gasteiger partial charge in [0, 0.05) is 18.3 Å². The van der Waals surface area contributed by atoms with Crippen LogP contribution in [0.2, 0.25) is 0 Å². The maximum atomic E-state index is 13.1. The zero-order valence-corrected chi connectivity index (χ0v) is 17.7. The van der Waals surface area contributed by atoms with E-state index in [4.69, 9.17) is 19.1 Å². The van der Waals surface area contributed by atoms with Crippen LogP contribution in [-0.2, 0) is 22.3 Å². The standard InChI is InChI=1S/C20H20F3N3O2.2CH2O/c1-3-26-16-10-13(20(21,22)23)4-6-15(16)25-19(26)12(2)24-14-5-7-17-18(11-14)28-9-8-27-17;2*1-2/h4-7,10-12,24H,3,8-9H2,1-2H3;2*1H2. The zero-order valence-electron chi connectivity index (χ0n) is 17.7. The van der Waals surface area contributed by atoms with Gasteiger partial charge in [0.15, 0.2) is 11.5 Å². The average Bonchev–Trinajstić information content (AvgIpc) is 3.19. The van der Waals surface area contributed by atoms with E-state index in [2.05, 4.69) is 10.3 Å². The van der Waals surface area contributed by atoms with Crippen LogP contribution >= 0.6 is 0 Å². The van der Waals surface area contributed by atoms with Crippen LogP contribution in [0.4, 0.5) is 18.9 Å². The molecule has 1 aliphatic heterocycles. The zero-order chi connectivity index (χ0) is 23.9. The van der Waals surface area contributed by atoms with E-state index in [1.54, 1.807) is 4.57 Å². The maximum absolute atomic E-state index is 13.1. The number of nitrogens with one attached hydrogen (secondary N) is 1. The van der Waals surface area contributed by atoms with Crippen LogP contribution in [0.1, 0.15) is 31.3 Å². The van der Waals surface area contributed by atoms with Crippen LogP contribution in [0.5, 0.6) is 11.5 Å². The molecule has 10 heteroatoms. The van der Waals surface area contributed by atoms with Crippen LogP contribution in [0.3, 0.4) is 0 Å². The highest BCUT2D eigenvalue weighted by molar-refractivity contribution is 5.77. The monoisotopic (exact) mass is 451 g/mol. The molecule has 0 saturated carbocycles. The Bertz CT molecular complexity index is 1050. The lowest BCUT2D eigenvalue weighted by atomic mass is 10.2. The van der Waals surface area contributed by atoms with Gasteiger partial charge in [-0.3, -0.25) is 0 Å². The molecule has 2 aromatic carbocycles. The number of carbonyl (C=O) groups excluding carboxylic acids is 2. The Morgan fingerprint density at radius 1 is 1.06 bits per heavy atom. The number of carbonyl (C=O) groups is 2. The molecule has 4 rings (SSSR count). The molecule has 1 N–H and O–H groups in total. The number of imidazole rings is 1. The topological polar surface area (TPSA) is 82.5 Å². The fourth-order valence-electron chi connectivity index (χ4n) is 3.43. The third-order valence-corrected chi connectivity index (χ3v) is 4.73. The average molecular weight is 451 g/mol. The Morgan fingerprint density at radius 3 is 2.34 bits per heavy atom. The predicted octanol–water partition coefficient (Wildman–Crippen LogP) is 4.65. The van der Waals surface area contributed by atoms with Crippen LogP contribution < -0.4 is 14.8 Å². The summed E-state index contributed by atoms with van der Waals surface area (Å²) in [7, 11) is 0. The van der Waals surface area contributed by atoms with Crippen molar-refractivity contribution in [1.29, 1.82) is 0 Å². The first-order chi connectivity index (χ1) is 15.4. The summed E-state index contributed by atoms with van der Waals surface area (Å²) in [4.78, 5) is 20.6. The van der Waals surface area contributed by atoms with Crippen LogP contribution in [0.15, 0.2) is 36.4 Å². The quantitative estimate of drug-likeness (QED) is 0.622. The minimum absolute atomic E-state index is 0.218. The maximum Gasteiger partial charge on any atom is 0.416 e. The largest absolute Gasteiger partial charge is 0.486 e. The fourth-order valence-corrected chi connectivity index (χ4v) is 3.43. The number of fused-ring (bicyclic) bond motifs is 2. The summed E-state index contributed by atoms with van der Waals surface area (Å²) in [6.07, 6.45) is -4.38. The molecule has 2 heterocycles. The summed E-state index contributed by atoms with van der Waals surface area (Å²) < 4.78 is 52.2. The van der Waals surface area contributed by atoms with Crippen molar-refractivity contribution in [3.8, 4) is 11.5 Å². The van der Waals surface area contributed by atoms with Crippen molar-refractivity contribution < 1.29 is 32.2 Å². The summed E-state index contributed by atoms with van der Waals surface area (Å²) in [5, 5.41) is 3.35. The molecule has 0 amide bonds. The molecule has 7 nitrogen and oxygen atoms in total. The number of alkyl halides is 3. The highest BCUT2D eigenvalue weighted by Gasteiger charge is 2.31. The molecule has 0 saturated heterocycles. The van der Waals surface area contributed by atoms with Crippen LogP contribution in [0.25, 0.3) is 11.0 Å². The van der Waals surface area contributed by atoms with Crippen molar-refractivity contribution in [1.82, 2.24) is 9.55 Å². The highest BCUT2D eigenvalue weighted by atomic mass is 19.4. The summed E-state index contributed by atoms with van der Waals surface area (Å²) in [6.45, 7) is 9.35. The van der Waals surface area contributed by atoms with E-state index < -0.39 is 11.7 Å². The SMILES string of the molecule is C=O.C=O.CCn1c(C(C)Nc2ccc3c(c2)OCCO3)nc2ccc(C(F)(F)F)cc21. The van der Waals surface area contributed by atoms with Gasteiger partial charge < -0.3 is 28.9 Å². The molecule has 0 bridgehead atoms. The van der Waals surface area contributed by atoms with Gasteiger partial charge in [0.05, 0.1) is 22.6 Å². The smallest absolute Gasteiger partial charge is 0.416 e. The Labute approximate surface area is 183 Å². The summed E-state index contributed by atoms with van der Waals surface area (Å²) in [6, 6.07) is 9.00. The van der Waals surface area contributed by atoms with Crippen molar-refractivity contribution in [3.63, 3.8) is 0 Å². The summed E-state index contributed by atoms with van der Waals surface area (Å²) >= 11 is 0. The normalized spacial score (nSPS) is 13.3. The van der Waals surface area contributed by atoms with Gasteiger partial charge in [0.1, 0.15) is 32.6 Å². The lowest BCUT2D eigenvalue weighted by molar-refractivity contribution is -0.137. The van der Waals surface area contributed by atoms with E-state index in [0.717, 1.165) is 17.8 Å². The number of hydrogen-bond acceptors (Lipinski definition) is 6. The minimum atomic E-state index is -4.38. The van der Waals surface area contributed by atoms with Crippen LogP contribution in [-0.4, -0.2) is 36.3 Å². The van der Waals surface area contributed by atoms with Gasteiger partial charge in [-0.25, -0.2) is 4.98 Å². The van der Waals surface area contributed by atoms with E-state index in [0.29, 0.717) is 48.1 Å². The molecule has 0 radical (unpaired) electrons. The van der Waals surface area contributed by atoms with Gasteiger partial charge in [-0.2, -0.15) is 13.2 Å². The van der Waals surface area contributed by atoms with Gasteiger partial charge >= 0.3 is 6.18 Å². The third kappa shape index (κ3) is 5.19. The highest BCUT2D eigenvalue weighted by Crippen LogP contribution is 2.35. The van der Waals surface area contributed by atoms with E-state index >= 15 is 0 Å². The van der Waals surface area contributed by atoms with Gasteiger partial charge in [0.25, 0.3) is 0 Å². The number of anilines is 1. The summed E-state index contributed by atoms with van der Waals surface area (Å²) in [5.41, 5.74) is 1.17. The fraction of sp³-hybridized carbons (Fsp3) is 0.318. The van der Waals surface area contributed by atoms with E-state index in [-0.39, 0.29) is 6.04 Å². The first-order valence-electron chi connectivity index (χ1n) is 9.68. The number of rotatable bonds is 4. The molecule has 3 aromatic rings. The molecule has 1 atom stereocenters. The molecular formula is C22H24F3N3O4. The second-order valence-electron chi connectivity index (χ2n) is 6.64. The Kier molecular flexibility index (Phi) is 8.22. The second-order valence-corrected chi connectivity index (χ2v) is 6.64. The van der Waals surface area contributed by atoms with E-state index in [1.165, 1.54) is 6.07 Å². The van der Waals surface area contributed by atoms with Gasteiger partial charge in [0.2, 0.25) is 0 Å². The number of benzene rings is 2. The van der Waals surface area contributed by atoms with Crippen LogP contribution in [0, 0.1) is 0 Å². The van der Waals surface area contributed by atoms with Gasteiger partial charge in [-0.15, -0.1) is 0 Å². The number of hydrogen-bond donors (Lipinski definition) is 1. The Hall–Kier alpha value is -3.56. The number of ether oxygens (including phenoxy) is 2. The predicted molar refractivity (Wildman–Crippen MR) is 114 cm³/mol. The summed E-state index contributed by atoms with van der Waals surface area (Å²) in [5.74, 6) is 2.04. The molecule has 32 heavy (non-hydrogen) atoms. The lowest BCUT2D eigenvalue weighted by Crippen LogP contribution is -2.16. The molecule has 0 aliphatic carbocycles. The van der Waals surface area contributed by atoms with Crippen molar-refractivity contribution in [2.45, 2.75) is 32.6 Å². The second kappa shape index (κ2) is 10.7. The molecule has 1 aromatic heterocycles. The first kappa shape index (κ1) is 24.7. The molecular weight excluding hydrogens is 427 g/mol. The van der Waals surface area contributed by atoms with Crippen molar-refractivity contribution in [2.75, 3.05) is 18.5 Å². The van der Waals surface area contributed by atoms with Crippen molar-refractivity contribution >= 4 is 30.3 Å². The van der Waals surface area contributed by atoms with Crippen molar-refractivity contribution in [3.05, 3.63) is 47.8 Å². The Morgan fingerprint density at radius 2 is 1.72 bits per heavy atom. The molecule has 1 unspecified atom stereocenters. The van der Waals surface area contributed by atoms with Crippen molar-refractivity contribution in [2.24, 2.45) is 0 Å². The molecule has 0 spiro atoms. The number of aryl methyl sites for hydroxylation is 1. The van der Waals surface area contributed by atoms with E-state index in [9.17, 15) is 13.2 Å². The number of nitrogens with zero attached hydrogens (tertiary/aromatic N) is 2. The van der Waals surface area contributed by atoms with Gasteiger partial charge in [-0.05, 0) is 44.2 Å². The van der Waals surface area contributed by atoms with Gasteiger partial charge in [-0.1, -0.05) is 0 Å². The first-order valence-corrected chi connectivity index (χ1v) is 9.68. The molecule has 1 aliphatic rings. The third-order valence-electron chi connectivity index (χ3n) is 4.73. The minimum Gasteiger partial charge on any atom is -0.486 e. The lowest BCUT2D eigenvalue weighted by Gasteiger charge is -2.21. The number of halogens is 3. The molecule has 172 valence electrons. The molecule has 0 fully saturated rings. The number of aromatic nitrogens is 2. The van der Waals surface area contributed by atoms with E-state index in [1.807, 2.05) is 45.6 Å². The Balaban J connectivity index is 0.000000860.